The monoisotopic (exact) mass is 411 g/mol. The zero-order valence-electron chi connectivity index (χ0n) is 16.9. The lowest BCUT2D eigenvalue weighted by Crippen LogP contribution is -2.04. The number of oxazole rings is 1. The highest BCUT2D eigenvalue weighted by Gasteiger charge is 2.12. The van der Waals surface area contributed by atoms with Crippen LogP contribution in [-0.4, -0.2) is 30.4 Å². The number of rotatable bonds is 9. The molecule has 6 heteroatoms. The summed E-state index contributed by atoms with van der Waals surface area (Å²) in [5.41, 5.74) is 4.17. The molecule has 29 heavy (non-hydrogen) atoms. The van der Waals surface area contributed by atoms with Crippen molar-refractivity contribution in [2.45, 2.75) is 26.0 Å². The van der Waals surface area contributed by atoms with Gasteiger partial charge < -0.3 is 13.9 Å². The molecule has 0 fully saturated rings. The van der Waals surface area contributed by atoms with E-state index in [1.807, 2.05) is 43.3 Å². The van der Waals surface area contributed by atoms with Gasteiger partial charge in [0.05, 0.1) is 25.2 Å². The number of hydrogen-bond donors (Lipinski definition) is 0. The highest BCUT2D eigenvalue weighted by atomic mass is 32.2. The van der Waals surface area contributed by atoms with Crippen molar-refractivity contribution in [2.75, 3.05) is 19.5 Å². The van der Waals surface area contributed by atoms with E-state index < -0.39 is 0 Å². The van der Waals surface area contributed by atoms with Crippen LogP contribution in [0.4, 0.5) is 0 Å². The Labute approximate surface area is 175 Å². The molecule has 0 atom stereocenters. The molecule has 0 saturated heterocycles. The Morgan fingerprint density at radius 3 is 2.76 bits per heavy atom. The largest absolute Gasteiger partial charge is 0.493 e. The second kappa shape index (κ2) is 10.2. The van der Waals surface area contributed by atoms with Crippen molar-refractivity contribution in [1.82, 2.24) is 4.98 Å². The Morgan fingerprint density at radius 1 is 1.14 bits per heavy atom. The summed E-state index contributed by atoms with van der Waals surface area (Å²) in [5, 5.41) is 0. The zero-order valence-corrected chi connectivity index (χ0v) is 17.8. The van der Waals surface area contributed by atoms with E-state index in [1.165, 1.54) is 24.4 Å². The van der Waals surface area contributed by atoms with Crippen LogP contribution < -0.4 is 4.74 Å². The third-order valence-electron chi connectivity index (χ3n) is 4.38. The first kappa shape index (κ1) is 21.0. The Kier molecular flexibility index (Phi) is 7.36. The molecule has 0 bridgehead atoms. The van der Waals surface area contributed by atoms with Crippen molar-refractivity contribution in [2.24, 2.45) is 0 Å². The Balaban J connectivity index is 1.54. The van der Waals surface area contributed by atoms with Crippen LogP contribution in [0.1, 0.15) is 22.6 Å². The van der Waals surface area contributed by atoms with Gasteiger partial charge in [-0.1, -0.05) is 29.8 Å². The third kappa shape index (κ3) is 6.12. The molecule has 1 aromatic heterocycles. The first-order valence-corrected chi connectivity index (χ1v) is 10.6. The highest BCUT2D eigenvalue weighted by molar-refractivity contribution is 7.99. The number of hydrogen-bond acceptors (Lipinski definition) is 6. The standard InChI is InChI=1S/C23H25NO4S/c1-16-6-4-8-19(12-16)23-24-21(17(2)28-23)10-11-27-20-9-5-7-18(13-20)14-29-15-22(25)26-3/h4-9,12-13H,10-11,14-15H2,1-3H3. The summed E-state index contributed by atoms with van der Waals surface area (Å²) in [6.07, 6.45) is 0.669. The van der Waals surface area contributed by atoms with Gasteiger partial charge in [0, 0.05) is 17.7 Å². The molecule has 0 spiro atoms. The number of nitrogens with zero attached hydrogens (tertiary/aromatic N) is 1. The molecule has 0 radical (unpaired) electrons. The van der Waals surface area contributed by atoms with Crippen LogP contribution in [0.5, 0.6) is 5.75 Å². The van der Waals surface area contributed by atoms with E-state index in [4.69, 9.17) is 9.15 Å². The quantitative estimate of drug-likeness (QED) is 0.463. The van der Waals surface area contributed by atoms with Crippen molar-refractivity contribution >= 4 is 17.7 Å². The number of methoxy groups -OCH3 is 1. The summed E-state index contributed by atoms with van der Waals surface area (Å²) < 4.78 is 16.4. The summed E-state index contributed by atoms with van der Waals surface area (Å²) in [7, 11) is 1.40. The minimum atomic E-state index is -0.213. The zero-order chi connectivity index (χ0) is 20.6. The topological polar surface area (TPSA) is 61.6 Å². The van der Waals surface area contributed by atoms with E-state index in [1.54, 1.807) is 0 Å². The Morgan fingerprint density at radius 2 is 1.97 bits per heavy atom. The van der Waals surface area contributed by atoms with E-state index in [2.05, 4.69) is 28.8 Å². The molecule has 0 saturated carbocycles. The van der Waals surface area contributed by atoms with Gasteiger partial charge >= 0.3 is 5.97 Å². The van der Waals surface area contributed by atoms with Gasteiger partial charge in [-0.2, -0.15) is 0 Å². The third-order valence-corrected chi connectivity index (χ3v) is 5.36. The molecule has 3 rings (SSSR count). The number of aromatic nitrogens is 1. The fraction of sp³-hybridized carbons (Fsp3) is 0.304. The smallest absolute Gasteiger partial charge is 0.315 e. The predicted octanol–water partition coefficient (Wildman–Crippen LogP) is 4.99. The van der Waals surface area contributed by atoms with E-state index >= 15 is 0 Å². The number of carbonyl (C=O) groups excluding carboxylic acids is 1. The lowest BCUT2D eigenvalue weighted by Gasteiger charge is -2.07. The number of ether oxygens (including phenoxy) is 2. The molecule has 5 nitrogen and oxygen atoms in total. The van der Waals surface area contributed by atoms with Crippen molar-refractivity contribution in [3.05, 3.63) is 71.1 Å². The van der Waals surface area contributed by atoms with Gasteiger partial charge in [-0.05, 0) is 43.7 Å². The van der Waals surface area contributed by atoms with Crippen molar-refractivity contribution in [3.63, 3.8) is 0 Å². The molecule has 0 unspecified atom stereocenters. The van der Waals surface area contributed by atoms with Crippen LogP contribution in [0, 0.1) is 13.8 Å². The molecule has 3 aromatic rings. The van der Waals surface area contributed by atoms with Crippen LogP contribution in [0.15, 0.2) is 52.9 Å². The fourth-order valence-electron chi connectivity index (χ4n) is 2.86. The molecule has 2 aromatic carbocycles. The highest BCUT2D eigenvalue weighted by Crippen LogP contribution is 2.23. The van der Waals surface area contributed by atoms with Gasteiger partial charge in [-0.3, -0.25) is 4.79 Å². The Hall–Kier alpha value is -2.73. The molecule has 0 aliphatic rings. The molecular formula is C23H25NO4S. The molecule has 0 aliphatic heterocycles. The number of benzene rings is 2. The van der Waals surface area contributed by atoms with Gasteiger partial charge in [0.15, 0.2) is 0 Å². The SMILES string of the molecule is COC(=O)CSCc1cccc(OCCc2nc(-c3cccc(C)c3)oc2C)c1. The van der Waals surface area contributed by atoms with E-state index in [0.717, 1.165) is 34.1 Å². The van der Waals surface area contributed by atoms with Gasteiger partial charge in [0.25, 0.3) is 0 Å². The van der Waals surface area contributed by atoms with Crippen LogP contribution in [0.25, 0.3) is 11.5 Å². The predicted molar refractivity (Wildman–Crippen MR) is 115 cm³/mol. The van der Waals surface area contributed by atoms with Gasteiger partial charge in [-0.15, -0.1) is 11.8 Å². The van der Waals surface area contributed by atoms with Crippen molar-refractivity contribution in [1.29, 1.82) is 0 Å². The maximum Gasteiger partial charge on any atom is 0.315 e. The van der Waals surface area contributed by atoms with Gasteiger partial charge in [-0.25, -0.2) is 4.98 Å². The van der Waals surface area contributed by atoms with Crippen LogP contribution in [0.2, 0.25) is 0 Å². The summed E-state index contributed by atoms with van der Waals surface area (Å²) in [4.78, 5) is 15.8. The number of esters is 1. The van der Waals surface area contributed by atoms with Crippen LogP contribution in [-0.2, 0) is 21.7 Å². The molecule has 0 N–H and O–H groups in total. The fourth-order valence-corrected chi connectivity index (χ4v) is 3.67. The summed E-state index contributed by atoms with van der Waals surface area (Å²) in [6.45, 7) is 4.50. The first-order chi connectivity index (χ1) is 14.0. The van der Waals surface area contributed by atoms with E-state index in [0.29, 0.717) is 24.7 Å². The average Bonchev–Trinajstić information content (AvgIpc) is 3.09. The van der Waals surface area contributed by atoms with Crippen molar-refractivity contribution in [3.8, 4) is 17.2 Å². The summed E-state index contributed by atoms with van der Waals surface area (Å²) in [5.74, 6) is 3.13. The lowest BCUT2D eigenvalue weighted by molar-refractivity contribution is -0.137. The van der Waals surface area contributed by atoms with Gasteiger partial charge in [0.2, 0.25) is 5.89 Å². The van der Waals surface area contributed by atoms with Crippen LogP contribution in [0.3, 0.4) is 0 Å². The number of aryl methyl sites for hydroxylation is 2. The number of carbonyl (C=O) groups is 1. The molecule has 0 amide bonds. The normalized spacial score (nSPS) is 10.7. The van der Waals surface area contributed by atoms with E-state index in [-0.39, 0.29) is 5.97 Å². The molecule has 1 heterocycles. The minimum absolute atomic E-state index is 0.213. The lowest BCUT2D eigenvalue weighted by atomic mass is 10.1. The maximum absolute atomic E-state index is 11.2. The first-order valence-electron chi connectivity index (χ1n) is 9.45. The van der Waals surface area contributed by atoms with E-state index in [9.17, 15) is 4.79 Å². The average molecular weight is 412 g/mol. The van der Waals surface area contributed by atoms with Crippen molar-refractivity contribution < 1.29 is 18.7 Å². The summed E-state index contributed by atoms with van der Waals surface area (Å²) >= 11 is 1.52. The second-order valence-electron chi connectivity index (χ2n) is 6.71. The molecule has 0 aliphatic carbocycles. The Bertz CT molecular complexity index is 967. The molecular weight excluding hydrogens is 386 g/mol. The van der Waals surface area contributed by atoms with Crippen LogP contribution >= 0.6 is 11.8 Å². The van der Waals surface area contributed by atoms with Gasteiger partial charge in [0.1, 0.15) is 11.5 Å². The summed E-state index contributed by atoms with van der Waals surface area (Å²) in [6, 6.07) is 16.0. The minimum Gasteiger partial charge on any atom is -0.493 e. The molecule has 152 valence electrons. The second-order valence-corrected chi connectivity index (χ2v) is 7.69. The number of thioether (sulfide) groups is 1. The maximum atomic E-state index is 11.2.